The maximum Gasteiger partial charge on any atom is 0.162 e. The highest BCUT2D eigenvalue weighted by Gasteiger charge is 2.28. The first-order valence-electron chi connectivity index (χ1n) is 10.8. The molecule has 1 fully saturated rings. The van der Waals surface area contributed by atoms with Gasteiger partial charge in [0.1, 0.15) is 30.0 Å². The van der Waals surface area contributed by atoms with E-state index in [1.54, 1.807) is 7.05 Å². The Balaban J connectivity index is 1.65. The summed E-state index contributed by atoms with van der Waals surface area (Å²) < 4.78 is 11.1. The molecule has 3 aromatic rings. The molecule has 0 spiro atoms. The van der Waals surface area contributed by atoms with Gasteiger partial charge in [0.05, 0.1) is 23.1 Å². The van der Waals surface area contributed by atoms with Crippen molar-refractivity contribution in [3.05, 3.63) is 41.8 Å². The number of aryl methyl sites for hydroxylation is 2. The minimum Gasteiger partial charge on any atom is -0.491 e. The molecule has 0 bridgehead atoms. The number of aliphatic hydroxyl groups is 2. The summed E-state index contributed by atoms with van der Waals surface area (Å²) in [6.07, 6.45) is 0.524. The molecule has 1 aliphatic carbocycles. The van der Waals surface area contributed by atoms with Crippen LogP contribution in [0.25, 0.3) is 22.6 Å². The molecule has 2 aromatic heterocycles. The molecule has 0 saturated heterocycles. The zero-order valence-corrected chi connectivity index (χ0v) is 18.5. The van der Waals surface area contributed by atoms with E-state index in [2.05, 4.69) is 15.8 Å². The first-order valence-corrected chi connectivity index (χ1v) is 10.8. The number of hydrogen-bond acceptors (Lipinski definition) is 9. The van der Waals surface area contributed by atoms with Crippen LogP contribution in [-0.2, 0) is 0 Å². The largest absolute Gasteiger partial charge is 0.491 e. The van der Waals surface area contributed by atoms with Crippen LogP contribution in [-0.4, -0.2) is 63.8 Å². The van der Waals surface area contributed by atoms with Gasteiger partial charge in [0.2, 0.25) is 0 Å². The molecule has 170 valence electrons. The minimum atomic E-state index is -0.601. The van der Waals surface area contributed by atoms with Gasteiger partial charge in [0.15, 0.2) is 5.82 Å². The summed E-state index contributed by atoms with van der Waals surface area (Å²) in [6, 6.07) is 9.54. The molecule has 0 radical (unpaired) electrons. The number of nitrogens with zero attached hydrogens (tertiary/aromatic N) is 3. The maximum atomic E-state index is 9.91. The second-order valence-corrected chi connectivity index (χ2v) is 8.18. The molecule has 32 heavy (non-hydrogen) atoms. The highest BCUT2D eigenvalue weighted by atomic mass is 16.5. The molecule has 1 saturated carbocycles. The van der Waals surface area contributed by atoms with E-state index < -0.39 is 6.10 Å². The van der Waals surface area contributed by atoms with E-state index in [4.69, 9.17) is 19.2 Å². The lowest BCUT2D eigenvalue weighted by Gasteiger charge is -2.32. The van der Waals surface area contributed by atoms with E-state index >= 15 is 0 Å². The molecule has 0 aliphatic heterocycles. The zero-order chi connectivity index (χ0) is 22.7. The van der Waals surface area contributed by atoms with Gasteiger partial charge in [-0.15, -0.1) is 0 Å². The fourth-order valence-electron chi connectivity index (χ4n) is 3.75. The topological polar surface area (TPSA) is 126 Å². The molecular weight excluding hydrogens is 410 g/mol. The van der Waals surface area contributed by atoms with Crippen LogP contribution in [0.15, 0.2) is 34.9 Å². The van der Waals surface area contributed by atoms with Crippen molar-refractivity contribution in [2.24, 2.45) is 0 Å². The van der Waals surface area contributed by atoms with E-state index in [1.165, 1.54) is 0 Å². The Bertz CT molecular complexity index is 1040. The predicted octanol–water partition coefficient (Wildman–Crippen LogP) is 2.31. The van der Waals surface area contributed by atoms with Gasteiger partial charge in [-0.25, -0.2) is 9.97 Å². The summed E-state index contributed by atoms with van der Waals surface area (Å²) in [5.41, 5.74) is 3.10. The number of anilines is 1. The van der Waals surface area contributed by atoms with E-state index in [9.17, 15) is 10.2 Å². The van der Waals surface area contributed by atoms with Crippen molar-refractivity contribution >= 4 is 5.82 Å². The Morgan fingerprint density at radius 1 is 1.22 bits per heavy atom. The van der Waals surface area contributed by atoms with Crippen LogP contribution >= 0.6 is 0 Å². The van der Waals surface area contributed by atoms with Crippen LogP contribution in [0.1, 0.15) is 24.3 Å². The Morgan fingerprint density at radius 2 is 2.03 bits per heavy atom. The van der Waals surface area contributed by atoms with Crippen molar-refractivity contribution in [1.29, 1.82) is 0 Å². The van der Waals surface area contributed by atoms with Crippen molar-refractivity contribution in [2.75, 3.05) is 25.5 Å². The van der Waals surface area contributed by atoms with E-state index in [1.807, 2.05) is 44.2 Å². The monoisotopic (exact) mass is 439 g/mol. The summed E-state index contributed by atoms with van der Waals surface area (Å²) in [6.45, 7) is 4.37. The molecule has 1 aromatic carbocycles. The van der Waals surface area contributed by atoms with Gasteiger partial charge in [0.25, 0.3) is 0 Å². The molecule has 4 rings (SSSR count). The van der Waals surface area contributed by atoms with Gasteiger partial charge in [0, 0.05) is 24.2 Å². The van der Waals surface area contributed by atoms with E-state index in [0.717, 1.165) is 16.8 Å². The smallest absolute Gasteiger partial charge is 0.162 e. The fraction of sp³-hybridized carbons (Fsp3) is 0.435. The van der Waals surface area contributed by atoms with Crippen LogP contribution in [0.2, 0.25) is 0 Å². The molecule has 1 unspecified atom stereocenters. The lowest BCUT2D eigenvalue weighted by Crippen LogP contribution is -2.39. The second-order valence-electron chi connectivity index (χ2n) is 8.18. The van der Waals surface area contributed by atoms with E-state index in [0.29, 0.717) is 48.2 Å². The SMILES string of the molecule is CNCC(O)COc1cccc(-c2nc(N[C@H]3C[C@@H](O)C3)cc(-c3c(C)noc3C)n2)c1. The number of ether oxygens (including phenoxy) is 1. The van der Waals surface area contributed by atoms with Gasteiger partial charge in [-0.05, 0) is 45.9 Å². The standard InChI is InChI=1S/C23H29N5O4/c1-13-22(14(2)32-28-13)20-10-21(25-16-8-17(29)9-16)27-23(26-20)15-5-4-6-19(7-15)31-12-18(30)11-24-3/h4-7,10,16-18,24,29-30H,8-9,11-12H2,1-3H3,(H,25,26,27)/t16-,17+,18?. The van der Waals surface area contributed by atoms with Crippen molar-refractivity contribution in [1.82, 2.24) is 20.4 Å². The molecular formula is C23H29N5O4. The zero-order valence-electron chi connectivity index (χ0n) is 18.5. The van der Waals surface area contributed by atoms with Gasteiger partial charge >= 0.3 is 0 Å². The van der Waals surface area contributed by atoms with Crippen LogP contribution in [0.3, 0.4) is 0 Å². The third-order valence-corrected chi connectivity index (χ3v) is 5.46. The minimum absolute atomic E-state index is 0.175. The van der Waals surface area contributed by atoms with Crippen LogP contribution in [0, 0.1) is 13.8 Å². The summed E-state index contributed by atoms with van der Waals surface area (Å²) in [5.74, 6) is 2.53. The average Bonchev–Trinajstić information content (AvgIpc) is 3.09. The summed E-state index contributed by atoms with van der Waals surface area (Å²) in [4.78, 5) is 9.50. The van der Waals surface area contributed by atoms with Crippen molar-refractivity contribution in [2.45, 2.75) is 44.9 Å². The number of hydrogen-bond donors (Lipinski definition) is 4. The molecule has 9 nitrogen and oxygen atoms in total. The third kappa shape index (κ3) is 5.07. The molecule has 4 N–H and O–H groups in total. The number of likely N-dealkylation sites (N-methyl/N-ethyl adjacent to an activating group) is 1. The van der Waals surface area contributed by atoms with Crippen LogP contribution in [0.5, 0.6) is 5.75 Å². The Hall–Kier alpha value is -3.01. The van der Waals surface area contributed by atoms with Crippen molar-refractivity contribution in [3.8, 4) is 28.4 Å². The Morgan fingerprint density at radius 3 is 2.72 bits per heavy atom. The number of rotatable bonds is 9. The quantitative estimate of drug-likeness (QED) is 0.397. The average molecular weight is 440 g/mol. The highest BCUT2D eigenvalue weighted by Crippen LogP contribution is 2.31. The van der Waals surface area contributed by atoms with Gasteiger partial charge in [-0.1, -0.05) is 17.3 Å². The van der Waals surface area contributed by atoms with Crippen LogP contribution in [0.4, 0.5) is 5.82 Å². The number of aliphatic hydroxyl groups excluding tert-OH is 2. The van der Waals surface area contributed by atoms with E-state index in [-0.39, 0.29) is 18.8 Å². The van der Waals surface area contributed by atoms with Gasteiger partial charge in [-0.2, -0.15) is 0 Å². The Kier molecular flexibility index (Phi) is 6.69. The normalized spacial score (nSPS) is 18.8. The number of benzene rings is 1. The van der Waals surface area contributed by atoms with Gasteiger partial charge in [-0.3, -0.25) is 0 Å². The predicted molar refractivity (Wildman–Crippen MR) is 121 cm³/mol. The lowest BCUT2D eigenvalue weighted by molar-refractivity contribution is 0.0835. The summed E-state index contributed by atoms with van der Waals surface area (Å²) >= 11 is 0. The Labute approximate surface area is 186 Å². The summed E-state index contributed by atoms with van der Waals surface area (Å²) in [7, 11) is 1.78. The number of aromatic nitrogens is 3. The highest BCUT2D eigenvalue weighted by molar-refractivity contribution is 5.70. The van der Waals surface area contributed by atoms with Crippen molar-refractivity contribution in [3.63, 3.8) is 0 Å². The molecule has 1 aliphatic rings. The third-order valence-electron chi connectivity index (χ3n) is 5.46. The lowest BCUT2D eigenvalue weighted by atomic mass is 9.89. The molecule has 2 heterocycles. The second kappa shape index (κ2) is 9.64. The van der Waals surface area contributed by atoms with Gasteiger partial charge < -0.3 is 30.1 Å². The molecule has 0 amide bonds. The van der Waals surface area contributed by atoms with Crippen molar-refractivity contribution < 1.29 is 19.5 Å². The molecule has 1 atom stereocenters. The first kappa shape index (κ1) is 22.2. The summed E-state index contributed by atoms with van der Waals surface area (Å²) in [5, 5.41) is 29.9. The molecule has 9 heteroatoms. The number of nitrogens with one attached hydrogen (secondary N) is 2. The van der Waals surface area contributed by atoms with Crippen LogP contribution < -0.4 is 15.4 Å². The first-order chi connectivity index (χ1) is 15.4. The maximum absolute atomic E-state index is 9.91. The fourth-order valence-corrected chi connectivity index (χ4v) is 3.75.